The van der Waals surface area contributed by atoms with Crippen molar-refractivity contribution in [1.82, 2.24) is 10.2 Å². The van der Waals surface area contributed by atoms with E-state index < -0.39 is 5.54 Å². The normalized spacial score (nSPS) is 21.7. The van der Waals surface area contributed by atoms with Gasteiger partial charge in [0.1, 0.15) is 5.54 Å². The largest absolute Gasteiger partial charge is 0.465 e. The summed E-state index contributed by atoms with van der Waals surface area (Å²) in [5, 5.41) is 3.36. The van der Waals surface area contributed by atoms with Crippen molar-refractivity contribution in [2.75, 3.05) is 32.8 Å². The van der Waals surface area contributed by atoms with Crippen LogP contribution in [0.25, 0.3) is 0 Å². The molecule has 0 radical (unpaired) electrons. The number of rotatable bonds is 7. The van der Waals surface area contributed by atoms with Crippen LogP contribution in [0, 0.1) is 5.92 Å². The molecule has 0 bridgehead atoms. The number of esters is 1. The van der Waals surface area contributed by atoms with Gasteiger partial charge in [-0.1, -0.05) is 27.2 Å². The molecular formula is C15H30N2O2. The fraction of sp³-hybridized carbons (Fsp3) is 0.933. The van der Waals surface area contributed by atoms with Crippen LogP contribution in [0.15, 0.2) is 0 Å². The third-order valence-electron chi connectivity index (χ3n) is 4.35. The lowest BCUT2D eigenvalue weighted by molar-refractivity contribution is -0.160. The number of carbonyl (C=O) groups excluding carboxylic acids is 1. The summed E-state index contributed by atoms with van der Waals surface area (Å²) >= 11 is 0. The van der Waals surface area contributed by atoms with Crippen LogP contribution < -0.4 is 5.32 Å². The minimum absolute atomic E-state index is 0.0281. The lowest BCUT2D eigenvalue weighted by atomic mass is 9.82. The van der Waals surface area contributed by atoms with E-state index in [-0.39, 0.29) is 5.97 Å². The first-order chi connectivity index (χ1) is 9.10. The Morgan fingerprint density at radius 2 is 1.95 bits per heavy atom. The molecule has 1 heterocycles. The van der Waals surface area contributed by atoms with Gasteiger partial charge in [-0.3, -0.25) is 9.69 Å². The van der Waals surface area contributed by atoms with Crippen LogP contribution in [0.4, 0.5) is 0 Å². The van der Waals surface area contributed by atoms with Gasteiger partial charge in [0, 0.05) is 26.2 Å². The number of hydrogen-bond donors (Lipinski definition) is 1. The Kier molecular flexibility index (Phi) is 6.80. The van der Waals surface area contributed by atoms with E-state index in [9.17, 15) is 4.79 Å². The summed E-state index contributed by atoms with van der Waals surface area (Å²) in [6, 6.07) is 0. The van der Waals surface area contributed by atoms with Crippen molar-refractivity contribution in [3.63, 3.8) is 0 Å². The topological polar surface area (TPSA) is 41.6 Å². The minimum atomic E-state index is -0.423. The second kappa shape index (κ2) is 7.85. The second-order valence-corrected chi connectivity index (χ2v) is 5.56. The summed E-state index contributed by atoms with van der Waals surface area (Å²) in [5.74, 6) is 0.513. The fourth-order valence-corrected chi connectivity index (χ4v) is 2.93. The molecule has 0 aromatic carbocycles. The first kappa shape index (κ1) is 16.4. The van der Waals surface area contributed by atoms with Crippen LogP contribution in [-0.4, -0.2) is 49.2 Å². The van der Waals surface area contributed by atoms with Crippen molar-refractivity contribution in [2.45, 2.75) is 52.5 Å². The molecule has 1 fully saturated rings. The summed E-state index contributed by atoms with van der Waals surface area (Å²) in [4.78, 5) is 14.9. The maximum Gasteiger partial charge on any atom is 0.326 e. The van der Waals surface area contributed by atoms with Crippen molar-refractivity contribution in [1.29, 1.82) is 0 Å². The average Bonchev–Trinajstić information content (AvgIpc) is 2.45. The van der Waals surface area contributed by atoms with Crippen molar-refractivity contribution in [3.05, 3.63) is 0 Å². The molecule has 0 aromatic heterocycles. The van der Waals surface area contributed by atoms with Gasteiger partial charge in [-0.15, -0.1) is 0 Å². The Morgan fingerprint density at radius 3 is 2.42 bits per heavy atom. The zero-order valence-corrected chi connectivity index (χ0v) is 13.0. The predicted octanol–water partition coefficient (Wildman–Crippen LogP) is 2.04. The van der Waals surface area contributed by atoms with Gasteiger partial charge in [-0.2, -0.15) is 0 Å². The van der Waals surface area contributed by atoms with Gasteiger partial charge in [0.05, 0.1) is 6.61 Å². The third kappa shape index (κ3) is 3.93. The maximum absolute atomic E-state index is 12.6. The Labute approximate surface area is 117 Å². The highest BCUT2D eigenvalue weighted by Gasteiger charge is 2.44. The second-order valence-electron chi connectivity index (χ2n) is 5.56. The Morgan fingerprint density at radius 1 is 1.32 bits per heavy atom. The molecule has 1 aliphatic heterocycles. The number of carbonyl (C=O) groups is 1. The number of hydrogen-bond acceptors (Lipinski definition) is 4. The van der Waals surface area contributed by atoms with Crippen LogP contribution in [0.5, 0.6) is 0 Å². The van der Waals surface area contributed by atoms with Crippen LogP contribution in [-0.2, 0) is 9.53 Å². The van der Waals surface area contributed by atoms with Crippen molar-refractivity contribution in [2.24, 2.45) is 5.92 Å². The highest BCUT2D eigenvalue weighted by Crippen LogP contribution is 2.31. The van der Waals surface area contributed by atoms with Gasteiger partial charge < -0.3 is 10.1 Å². The molecule has 0 aliphatic carbocycles. The van der Waals surface area contributed by atoms with Gasteiger partial charge in [0.25, 0.3) is 0 Å². The van der Waals surface area contributed by atoms with E-state index in [1.54, 1.807) is 0 Å². The summed E-state index contributed by atoms with van der Waals surface area (Å²) < 4.78 is 5.40. The molecule has 1 N–H and O–H groups in total. The van der Waals surface area contributed by atoms with E-state index in [4.69, 9.17) is 4.74 Å². The number of ether oxygens (including phenoxy) is 1. The van der Waals surface area contributed by atoms with Crippen LogP contribution in [0.3, 0.4) is 0 Å². The molecule has 0 saturated carbocycles. The molecule has 4 heteroatoms. The molecule has 112 valence electrons. The summed E-state index contributed by atoms with van der Waals surface area (Å²) in [6.45, 7) is 12.7. The highest BCUT2D eigenvalue weighted by atomic mass is 16.5. The lowest BCUT2D eigenvalue weighted by Crippen LogP contribution is -2.61. The van der Waals surface area contributed by atoms with Gasteiger partial charge in [0.15, 0.2) is 0 Å². The van der Waals surface area contributed by atoms with E-state index in [1.807, 2.05) is 6.92 Å². The van der Waals surface area contributed by atoms with Gasteiger partial charge in [0.2, 0.25) is 0 Å². The Bertz CT molecular complexity index is 277. The molecule has 4 nitrogen and oxygen atoms in total. The summed E-state index contributed by atoms with van der Waals surface area (Å²) in [7, 11) is 0. The SMILES string of the molecule is CCOC(=O)C(CC)(CC(C)CC)N1CCNCC1. The molecule has 19 heavy (non-hydrogen) atoms. The zero-order chi connectivity index (χ0) is 14.3. The van der Waals surface area contributed by atoms with E-state index in [2.05, 4.69) is 31.0 Å². The third-order valence-corrected chi connectivity index (χ3v) is 4.35. The van der Waals surface area contributed by atoms with Gasteiger partial charge in [-0.25, -0.2) is 0 Å². The molecule has 0 spiro atoms. The van der Waals surface area contributed by atoms with E-state index in [0.717, 1.165) is 45.4 Å². The lowest BCUT2D eigenvalue weighted by Gasteiger charge is -2.44. The maximum atomic E-state index is 12.6. The first-order valence-electron chi connectivity index (χ1n) is 7.73. The Hall–Kier alpha value is -0.610. The average molecular weight is 270 g/mol. The molecule has 0 amide bonds. The summed E-state index contributed by atoms with van der Waals surface area (Å²) in [5.41, 5.74) is -0.423. The van der Waals surface area contributed by atoms with Crippen molar-refractivity contribution < 1.29 is 9.53 Å². The van der Waals surface area contributed by atoms with Gasteiger partial charge >= 0.3 is 5.97 Å². The van der Waals surface area contributed by atoms with Gasteiger partial charge in [-0.05, 0) is 25.7 Å². The molecular weight excluding hydrogens is 240 g/mol. The standard InChI is InChI=1S/C15H30N2O2/c1-5-13(4)12-15(6-2,14(18)19-7-3)17-10-8-16-9-11-17/h13,16H,5-12H2,1-4H3. The molecule has 1 rings (SSSR count). The van der Waals surface area contributed by atoms with E-state index in [1.165, 1.54) is 0 Å². The first-order valence-corrected chi connectivity index (χ1v) is 7.73. The van der Waals surface area contributed by atoms with Crippen LogP contribution in [0.1, 0.15) is 47.0 Å². The number of piperazine rings is 1. The molecule has 0 aromatic rings. The highest BCUT2D eigenvalue weighted by molar-refractivity contribution is 5.81. The molecule has 1 saturated heterocycles. The van der Waals surface area contributed by atoms with E-state index >= 15 is 0 Å². The van der Waals surface area contributed by atoms with Crippen molar-refractivity contribution >= 4 is 5.97 Å². The number of nitrogens with one attached hydrogen (secondary N) is 1. The molecule has 1 aliphatic rings. The minimum Gasteiger partial charge on any atom is -0.465 e. The fourth-order valence-electron chi connectivity index (χ4n) is 2.93. The smallest absolute Gasteiger partial charge is 0.326 e. The zero-order valence-electron chi connectivity index (χ0n) is 13.0. The molecule has 2 atom stereocenters. The monoisotopic (exact) mass is 270 g/mol. The van der Waals surface area contributed by atoms with Crippen LogP contribution in [0.2, 0.25) is 0 Å². The summed E-state index contributed by atoms with van der Waals surface area (Å²) in [6.07, 6.45) is 2.84. The van der Waals surface area contributed by atoms with E-state index in [0.29, 0.717) is 12.5 Å². The predicted molar refractivity (Wildman–Crippen MR) is 78.2 cm³/mol. The van der Waals surface area contributed by atoms with Crippen molar-refractivity contribution in [3.8, 4) is 0 Å². The quantitative estimate of drug-likeness (QED) is 0.719. The Balaban J connectivity index is 2.93. The molecule has 2 unspecified atom stereocenters. The number of nitrogens with zero attached hydrogens (tertiary/aromatic N) is 1. The van der Waals surface area contributed by atoms with Crippen LogP contribution >= 0.6 is 0 Å².